The molecule has 0 fully saturated rings. The van der Waals surface area contributed by atoms with Crippen molar-refractivity contribution in [1.29, 1.82) is 0 Å². The Balaban J connectivity index is 2.53. The number of amidine groups is 1. The fourth-order valence-electron chi connectivity index (χ4n) is 1.27. The van der Waals surface area contributed by atoms with Gasteiger partial charge in [-0.1, -0.05) is 35.0 Å². The van der Waals surface area contributed by atoms with Crippen molar-refractivity contribution in [3.8, 4) is 0 Å². The van der Waals surface area contributed by atoms with Gasteiger partial charge in [0.1, 0.15) is 0 Å². The fraction of sp³-hybridized carbons (Fsp3) is 0.364. The maximum absolute atomic E-state index is 8.38. The highest BCUT2D eigenvalue weighted by atomic mass is 16.4. The number of aryl methyl sites for hydroxylation is 1. The third kappa shape index (κ3) is 3.59. The van der Waals surface area contributed by atoms with E-state index < -0.39 is 0 Å². The molecule has 0 aliphatic heterocycles. The molecule has 82 valence electrons. The minimum atomic E-state index is 0.186. The summed E-state index contributed by atoms with van der Waals surface area (Å²) in [6, 6.07) is 8.46. The zero-order valence-corrected chi connectivity index (χ0v) is 9.07. The summed E-state index contributed by atoms with van der Waals surface area (Å²) in [6.45, 7) is 4.47. The molecule has 15 heavy (non-hydrogen) atoms. The molecule has 1 aromatic carbocycles. The van der Waals surface area contributed by atoms with Gasteiger partial charge in [-0.25, -0.2) is 0 Å². The molecule has 0 aliphatic carbocycles. The third-order valence-corrected chi connectivity index (χ3v) is 2.30. The summed E-state index contributed by atoms with van der Waals surface area (Å²) in [6.07, 6.45) is 0. The fourth-order valence-corrected chi connectivity index (χ4v) is 1.27. The predicted octanol–water partition coefficient (Wildman–Crippen LogP) is 1.39. The highest BCUT2D eigenvalue weighted by Crippen LogP contribution is 2.12. The molecular formula is C11H17N3O. The van der Waals surface area contributed by atoms with Gasteiger partial charge in [0.25, 0.3) is 0 Å². The maximum atomic E-state index is 8.38. The van der Waals surface area contributed by atoms with Crippen LogP contribution in [0.4, 0.5) is 0 Å². The van der Waals surface area contributed by atoms with Crippen molar-refractivity contribution in [3.63, 3.8) is 0 Å². The highest BCUT2D eigenvalue weighted by molar-refractivity contribution is 5.81. The number of hydrogen-bond acceptors (Lipinski definition) is 3. The van der Waals surface area contributed by atoms with Crippen LogP contribution in [0.5, 0.6) is 0 Å². The Labute approximate surface area is 89.8 Å². The van der Waals surface area contributed by atoms with Crippen LogP contribution in [-0.4, -0.2) is 17.6 Å². The molecule has 4 heteroatoms. The van der Waals surface area contributed by atoms with Crippen molar-refractivity contribution in [3.05, 3.63) is 35.4 Å². The Hall–Kier alpha value is -1.55. The normalized spacial score (nSPS) is 13.9. The lowest BCUT2D eigenvalue weighted by Gasteiger charge is -2.13. The molecule has 0 heterocycles. The predicted molar refractivity (Wildman–Crippen MR) is 61.0 cm³/mol. The number of nitrogens with two attached hydrogens (primary N) is 1. The number of nitrogens with zero attached hydrogens (tertiary/aromatic N) is 1. The summed E-state index contributed by atoms with van der Waals surface area (Å²) in [5.74, 6) is 0.189. The van der Waals surface area contributed by atoms with Gasteiger partial charge in [0.05, 0.1) is 6.54 Å². The molecule has 1 aromatic rings. The first-order valence-corrected chi connectivity index (χ1v) is 4.90. The van der Waals surface area contributed by atoms with E-state index >= 15 is 0 Å². The summed E-state index contributed by atoms with van der Waals surface area (Å²) < 4.78 is 0. The van der Waals surface area contributed by atoms with E-state index in [0.29, 0.717) is 6.54 Å². The highest BCUT2D eigenvalue weighted by Gasteiger charge is 2.04. The second kappa shape index (κ2) is 5.36. The first kappa shape index (κ1) is 11.5. The molecule has 0 amide bonds. The standard InChI is InChI=1S/C11H17N3O/c1-8-3-5-10(6-4-8)9(2)13-7-11(12)14-15/h3-6,9,13,15H,7H2,1-2H3,(H2,12,14)/t9-/m1/s1. The second-order valence-corrected chi connectivity index (χ2v) is 3.60. The summed E-state index contributed by atoms with van der Waals surface area (Å²) in [5.41, 5.74) is 7.79. The van der Waals surface area contributed by atoms with Gasteiger partial charge in [0.15, 0.2) is 5.84 Å². The molecule has 1 rings (SSSR count). The Morgan fingerprint density at radius 2 is 2.07 bits per heavy atom. The number of rotatable bonds is 4. The molecule has 4 nitrogen and oxygen atoms in total. The van der Waals surface area contributed by atoms with E-state index in [-0.39, 0.29) is 11.9 Å². The Kier molecular flexibility index (Phi) is 4.12. The van der Waals surface area contributed by atoms with Gasteiger partial charge in [-0.05, 0) is 19.4 Å². The van der Waals surface area contributed by atoms with Gasteiger partial charge in [-0.15, -0.1) is 0 Å². The van der Waals surface area contributed by atoms with Gasteiger partial charge < -0.3 is 16.3 Å². The quantitative estimate of drug-likeness (QED) is 0.302. The third-order valence-electron chi connectivity index (χ3n) is 2.30. The van der Waals surface area contributed by atoms with Crippen molar-refractivity contribution in [2.24, 2.45) is 10.9 Å². The largest absolute Gasteiger partial charge is 0.409 e. The molecule has 0 radical (unpaired) electrons. The van der Waals surface area contributed by atoms with Gasteiger partial charge >= 0.3 is 0 Å². The van der Waals surface area contributed by atoms with Crippen LogP contribution in [0, 0.1) is 6.92 Å². The van der Waals surface area contributed by atoms with Crippen molar-refractivity contribution in [2.75, 3.05) is 6.54 Å². The Morgan fingerprint density at radius 3 is 2.60 bits per heavy atom. The molecule has 1 atom stereocenters. The minimum absolute atomic E-state index is 0.186. The average molecular weight is 207 g/mol. The molecule has 0 aliphatic rings. The SMILES string of the molecule is Cc1ccc([C@@H](C)NC/C(N)=N/O)cc1. The van der Waals surface area contributed by atoms with Crippen molar-refractivity contribution < 1.29 is 5.21 Å². The van der Waals surface area contributed by atoms with Crippen LogP contribution in [0.2, 0.25) is 0 Å². The van der Waals surface area contributed by atoms with Crippen molar-refractivity contribution >= 4 is 5.84 Å². The molecule has 0 unspecified atom stereocenters. The van der Waals surface area contributed by atoms with Gasteiger partial charge in [0, 0.05) is 6.04 Å². The summed E-state index contributed by atoms with van der Waals surface area (Å²) in [5, 5.41) is 14.4. The summed E-state index contributed by atoms with van der Waals surface area (Å²) in [7, 11) is 0. The van der Waals surface area contributed by atoms with Crippen LogP contribution in [-0.2, 0) is 0 Å². The molecule has 0 bridgehead atoms. The van der Waals surface area contributed by atoms with Gasteiger partial charge in [-0.2, -0.15) is 0 Å². The molecular weight excluding hydrogens is 190 g/mol. The Morgan fingerprint density at radius 1 is 1.47 bits per heavy atom. The number of hydrogen-bond donors (Lipinski definition) is 3. The van der Waals surface area contributed by atoms with Crippen LogP contribution in [0.3, 0.4) is 0 Å². The first-order chi connectivity index (χ1) is 7.13. The first-order valence-electron chi connectivity index (χ1n) is 4.90. The second-order valence-electron chi connectivity index (χ2n) is 3.60. The number of oxime groups is 1. The van der Waals surface area contributed by atoms with Gasteiger partial charge in [-0.3, -0.25) is 0 Å². The molecule has 0 saturated heterocycles. The monoisotopic (exact) mass is 207 g/mol. The van der Waals surface area contributed by atoms with Crippen LogP contribution in [0.15, 0.2) is 29.4 Å². The lowest BCUT2D eigenvalue weighted by molar-refractivity contribution is 0.316. The van der Waals surface area contributed by atoms with Crippen LogP contribution >= 0.6 is 0 Å². The lowest BCUT2D eigenvalue weighted by atomic mass is 10.1. The van der Waals surface area contributed by atoms with Crippen LogP contribution < -0.4 is 11.1 Å². The van der Waals surface area contributed by atoms with Crippen molar-refractivity contribution in [2.45, 2.75) is 19.9 Å². The maximum Gasteiger partial charge on any atom is 0.153 e. The topological polar surface area (TPSA) is 70.6 Å². The van der Waals surface area contributed by atoms with Gasteiger partial charge in [0.2, 0.25) is 0 Å². The minimum Gasteiger partial charge on any atom is -0.409 e. The zero-order valence-electron chi connectivity index (χ0n) is 9.07. The van der Waals surface area contributed by atoms with E-state index in [1.54, 1.807) is 0 Å². The molecule has 4 N–H and O–H groups in total. The van der Waals surface area contributed by atoms with Crippen molar-refractivity contribution in [1.82, 2.24) is 5.32 Å². The molecule has 0 aromatic heterocycles. The van der Waals surface area contributed by atoms with E-state index in [1.807, 2.05) is 6.92 Å². The van der Waals surface area contributed by atoms with Crippen LogP contribution in [0.1, 0.15) is 24.1 Å². The lowest BCUT2D eigenvalue weighted by Crippen LogP contribution is -2.30. The summed E-state index contributed by atoms with van der Waals surface area (Å²) in [4.78, 5) is 0. The van der Waals surface area contributed by atoms with E-state index in [4.69, 9.17) is 10.9 Å². The van der Waals surface area contributed by atoms with Crippen LogP contribution in [0.25, 0.3) is 0 Å². The Bertz CT molecular complexity index is 332. The molecule has 0 saturated carbocycles. The molecule has 0 spiro atoms. The van der Waals surface area contributed by atoms with E-state index in [9.17, 15) is 0 Å². The van der Waals surface area contributed by atoms with E-state index in [0.717, 1.165) is 0 Å². The smallest absolute Gasteiger partial charge is 0.153 e. The van der Waals surface area contributed by atoms with E-state index in [1.165, 1.54) is 11.1 Å². The van der Waals surface area contributed by atoms with E-state index in [2.05, 4.69) is 41.7 Å². The average Bonchev–Trinajstić information content (AvgIpc) is 2.26. The zero-order chi connectivity index (χ0) is 11.3. The number of nitrogens with one attached hydrogen (secondary N) is 1. The number of benzene rings is 1. The summed E-state index contributed by atoms with van der Waals surface area (Å²) >= 11 is 0.